The Morgan fingerprint density at radius 3 is 2.61 bits per heavy atom. The molecule has 2 heterocycles. The third kappa shape index (κ3) is 5.51. The average molecular weight is 560 g/mol. The van der Waals surface area contributed by atoms with E-state index in [-0.39, 0.29) is 35.7 Å². The van der Waals surface area contributed by atoms with Gasteiger partial charge in [0.2, 0.25) is 11.8 Å². The Morgan fingerprint density at radius 2 is 1.93 bits per heavy atom. The molecule has 0 radical (unpaired) electrons. The van der Waals surface area contributed by atoms with Crippen molar-refractivity contribution in [2.45, 2.75) is 69.0 Å². The molecule has 1 saturated carbocycles. The van der Waals surface area contributed by atoms with E-state index in [0.29, 0.717) is 37.2 Å². The first-order valence-electron chi connectivity index (χ1n) is 14.2. The lowest BCUT2D eigenvalue weighted by Crippen LogP contribution is -2.60. The number of likely N-dealkylation sites (N-methyl/N-ethyl adjacent to an activating group) is 1. The summed E-state index contributed by atoms with van der Waals surface area (Å²) in [6, 6.07) is 5.97. The van der Waals surface area contributed by atoms with Crippen LogP contribution in [0.4, 0.5) is 10.5 Å². The van der Waals surface area contributed by atoms with Gasteiger partial charge in [0.15, 0.2) is 0 Å². The van der Waals surface area contributed by atoms with Gasteiger partial charge in [0.05, 0.1) is 6.04 Å². The third-order valence-electron chi connectivity index (χ3n) is 8.69. The molecule has 11 heteroatoms. The van der Waals surface area contributed by atoms with Crippen molar-refractivity contribution >= 4 is 29.4 Å². The molecule has 2 aromatic rings. The summed E-state index contributed by atoms with van der Waals surface area (Å²) in [5, 5.41) is 15.7. The van der Waals surface area contributed by atoms with E-state index in [4.69, 9.17) is 6.42 Å². The van der Waals surface area contributed by atoms with Crippen molar-refractivity contribution in [3.05, 3.63) is 47.3 Å². The highest BCUT2D eigenvalue weighted by Gasteiger charge is 2.52. The van der Waals surface area contributed by atoms with Gasteiger partial charge in [-0.3, -0.25) is 19.1 Å². The lowest BCUT2D eigenvalue weighted by atomic mass is 9.83. The van der Waals surface area contributed by atoms with Crippen molar-refractivity contribution in [1.82, 2.24) is 30.6 Å². The molecule has 41 heavy (non-hydrogen) atoms. The van der Waals surface area contributed by atoms with Gasteiger partial charge in [-0.25, -0.2) is 4.79 Å². The van der Waals surface area contributed by atoms with Gasteiger partial charge in [-0.15, -0.1) is 12.3 Å². The zero-order chi connectivity index (χ0) is 29.1. The van der Waals surface area contributed by atoms with Crippen LogP contribution in [0.5, 0.6) is 0 Å². The van der Waals surface area contributed by atoms with E-state index in [9.17, 15) is 19.2 Å². The number of rotatable bonds is 8. The lowest BCUT2D eigenvalue weighted by molar-refractivity contribution is -0.130. The van der Waals surface area contributed by atoms with Gasteiger partial charge >= 0.3 is 6.03 Å². The van der Waals surface area contributed by atoms with Crippen LogP contribution in [-0.4, -0.2) is 69.6 Å². The van der Waals surface area contributed by atoms with Gasteiger partial charge in [0.25, 0.3) is 5.91 Å². The third-order valence-corrected chi connectivity index (χ3v) is 8.69. The van der Waals surface area contributed by atoms with Crippen molar-refractivity contribution in [1.29, 1.82) is 0 Å². The summed E-state index contributed by atoms with van der Waals surface area (Å²) >= 11 is 0. The highest BCUT2D eigenvalue weighted by molar-refractivity contribution is 6.01. The number of urea groups is 1. The lowest BCUT2D eigenvalue weighted by Gasteiger charge is -2.36. The predicted molar refractivity (Wildman–Crippen MR) is 153 cm³/mol. The van der Waals surface area contributed by atoms with Crippen molar-refractivity contribution in [2.75, 3.05) is 18.9 Å². The number of anilines is 1. The molecular formula is C30H37N7O4. The van der Waals surface area contributed by atoms with Gasteiger partial charge in [0.1, 0.15) is 17.3 Å². The average Bonchev–Trinajstić information content (AvgIpc) is 3.68. The number of carbonyl (C=O) groups is 4. The summed E-state index contributed by atoms with van der Waals surface area (Å²) in [4.78, 5) is 54.5. The van der Waals surface area contributed by atoms with Crippen LogP contribution in [0.15, 0.2) is 30.5 Å². The van der Waals surface area contributed by atoms with Gasteiger partial charge in [0, 0.05) is 51.8 Å². The first kappa shape index (κ1) is 28.2. The Kier molecular flexibility index (Phi) is 8.01. The van der Waals surface area contributed by atoms with E-state index >= 15 is 0 Å². The summed E-state index contributed by atoms with van der Waals surface area (Å²) < 4.78 is 1.49. The second kappa shape index (κ2) is 11.6. The van der Waals surface area contributed by atoms with Crippen LogP contribution in [0.1, 0.15) is 60.1 Å². The number of benzene rings is 1. The zero-order valence-electron chi connectivity index (χ0n) is 23.5. The van der Waals surface area contributed by atoms with Gasteiger partial charge in [-0.1, -0.05) is 25.3 Å². The van der Waals surface area contributed by atoms with Crippen molar-refractivity contribution < 1.29 is 19.2 Å². The molecule has 2 fully saturated rings. The fourth-order valence-corrected chi connectivity index (χ4v) is 6.57. The molecule has 216 valence electrons. The second-order valence-electron chi connectivity index (χ2n) is 11.3. The summed E-state index contributed by atoms with van der Waals surface area (Å²) in [5.41, 5.74) is 1.70. The number of amides is 5. The largest absolute Gasteiger partial charge is 0.357 e. The van der Waals surface area contributed by atoms with Crippen LogP contribution in [-0.2, 0) is 29.5 Å². The zero-order valence-corrected chi connectivity index (χ0v) is 23.5. The van der Waals surface area contributed by atoms with Crippen LogP contribution in [0.3, 0.4) is 0 Å². The Hall–Kier alpha value is -4.33. The normalized spacial score (nSPS) is 22.8. The maximum absolute atomic E-state index is 13.6. The standard InChI is InChI=1S/C30H37N7O4/c1-4-8-23-18-37(29(41)34-23)30(28(40)31-2)16-20-11-12-22(15-21(20)17-30)33-27(39)25(19-9-6-5-7-10-19)35-26(38)24-13-14-32-36(24)3/h1,11-15,19,23,25H,5-10,16-18H2,2-3H3,(H,31,40)(H,33,39)(H,34,41)(H,35,38)/t23?,25-,30?/m0/s1. The van der Waals surface area contributed by atoms with E-state index in [1.54, 1.807) is 31.3 Å². The molecule has 2 unspecified atom stereocenters. The number of nitrogens with one attached hydrogen (secondary N) is 4. The Balaban J connectivity index is 1.35. The number of aryl methyl sites for hydroxylation is 1. The Morgan fingerprint density at radius 1 is 1.17 bits per heavy atom. The molecule has 2 aliphatic carbocycles. The molecule has 5 amide bonds. The summed E-state index contributed by atoms with van der Waals surface area (Å²) in [7, 11) is 3.26. The quantitative estimate of drug-likeness (QED) is 0.365. The van der Waals surface area contributed by atoms with Gasteiger partial charge in [-0.2, -0.15) is 5.10 Å². The fourth-order valence-electron chi connectivity index (χ4n) is 6.57. The van der Waals surface area contributed by atoms with Crippen molar-refractivity contribution in [2.24, 2.45) is 13.0 Å². The SMILES string of the molecule is C#CCC1CN(C2(C(=O)NC)Cc3ccc(NC(=O)[C@@H](NC(=O)c4ccnn4C)C4CCCCC4)cc3C2)C(=O)N1. The molecule has 5 rings (SSSR count). The van der Waals surface area contributed by atoms with Gasteiger partial charge < -0.3 is 26.2 Å². The number of hydrogen-bond donors (Lipinski definition) is 4. The van der Waals surface area contributed by atoms with Crippen molar-refractivity contribution in [3.8, 4) is 12.3 Å². The minimum atomic E-state index is -1.09. The highest BCUT2D eigenvalue weighted by Crippen LogP contribution is 2.38. The molecule has 3 atom stereocenters. The minimum Gasteiger partial charge on any atom is -0.357 e. The van der Waals surface area contributed by atoms with Crippen molar-refractivity contribution in [3.63, 3.8) is 0 Å². The number of aromatic nitrogens is 2. The van der Waals surface area contributed by atoms with Crippen LogP contribution in [0.25, 0.3) is 0 Å². The second-order valence-corrected chi connectivity index (χ2v) is 11.3. The fraction of sp³-hybridized carbons (Fsp3) is 0.500. The van der Waals surface area contributed by atoms with E-state index in [2.05, 4.69) is 32.3 Å². The number of nitrogens with zero attached hydrogens (tertiary/aromatic N) is 3. The van der Waals surface area contributed by atoms with E-state index in [0.717, 1.165) is 43.2 Å². The number of hydrogen-bond acceptors (Lipinski definition) is 5. The number of carbonyl (C=O) groups excluding carboxylic acids is 4. The monoisotopic (exact) mass is 559 g/mol. The van der Waals surface area contributed by atoms with Crippen LogP contribution in [0, 0.1) is 18.3 Å². The first-order chi connectivity index (χ1) is 19.8. The van der Waals surface area contributed by atoms with Crippen LogP contribution >= 0.6 is 0 Å². The molecule has 3 aliphatic rings. The molecular weight excluding hydrogens is 522 g/mol. The molecule has 0 spiro atoms. The van der Waals surface area contributed by atoms with E-state index in [1.807, 2.05) is 18.2 Å². The highest BCUT2D eigenvalue weighted by atomic mass is 16.2. The molecule has 0 bridgehead atoms. The Bertz CT molecular complexity index is 1390. The summed E-state index contributed by atoms with van der Waals surface area (Å²) in [5.74, 6) is 1.75. The molecule has 1 aliphatic heterocycles. The first-order valence-corrected chi connectivity index (χ1v) is 14.2. The maximum Gasteiger partial charge on any atom is 0.318 e. The topological polar surface area (TPSA) is 137 Å². The van der Waals surface area contributed by atoms with Crippen LogP contribution in [0.2, 0.25) is 0 Å². The molecule has 1 aromatic carbocycles. The molecule has 1 saturated heterocycles. The Labute approximate surface area is 239 Å². The molecule has 1 aromatic heterocycles. The van der Waals surface area contributed by atoms with Crippen LogP contribution < -0.4 is 21.3 Å². The van der Waals surface area contributed by atoms with E-state index < -0.39 is 11.6 Å². The maximum atomic E-state index is 13.6. The molecule has 4 N–H and O–H groups in total. The van der Waals surface area contributed by atoms with E-state index in [1.165, 1.54) is 4.68 Å². The minimum absolute atomic E-state index is 0.0286. The number of terminal acetylenes is 1. The smallest absolute Gasteiger partial charge is 0.318 e. The predicted octanol–water partition coefficient (Wildman–Crippen LogP) is 1.74. The molecule has 11 nitrogen and oxygen atoms in total. The number of fused-ring (bicyclic) bond motifs is 1. The summed E-state index contributed by atoms with van der Waals surface area (Å²) in [6.45, 7) is 0.341. The summed E-state index contributed by atoms with van der Waals surface area (Å²) in [6.07, 6.45) is 12.9. The van der Waals surface area contributed by atoms with Gasteiger partial charge in [-0.05, 0) is 48.1 Å².